The van der Waals surface area contributed by atoms with Crippen molar-refractivity contribution in [2.45, 2.75) is 38.8 Å². The van der Waals surface area contributed by atoms with Gasteiger partial charge in [-0.15, -0.1) is 0 Å². The van der Waals surface area contributed by atoms with Gasteiger partial charge in [-0.2, -0.15) is 0 Å². The van der Waals surface area contributed by atoms with Crippen molar-refractivity contribution in [3.05, 3.63) is 35.6 Å². The van der Waals surface area contributed by atoms with Crippen molar-refractivity contribution in [2.24, 2.45) is 0 Å². The number of carbonyl (C=O) groups is 2. The molecule has 1 atom stereocenters. The maximum absolute atomic E-state index is 13.7. The van der Waals surface area contributed by atoms with Crippen LogP contribution in [0.3, 0.4) is 0 Å². The number of ether oxygens (including phenoxy) is 1. The number of nitrogens with one attached hydrogen (secondary N) is 1. The smallest absolute Gasteiger partial charge is 0.221 e. The predicted molar refractivity (Wildman–Crippen MR) is 84.1 cm³/mol. The quantitative estimate of drug-likeness (QED) is 0.833. The highest BCUT2D eigenvalue weighted by Crippen LogP contribution is 2.12. The average Bonchev–Trinajstić information content (AvgIpc) is 3.04. The first-order valence-corrected chi connectivity index (χ1v) is 7.93. The fourth-order valence-electron chi connectivity index (χ4n) is 2.54. The monoisotopic (exact) mass is 322 g/mol. The van der Waals surface area contributed by atoms with Crippen molar-refractivity contribution in [1.82, 2.24) is 10.2 Å². The van der Waals surface area contributed by atoms with Gasteiger partial charge >= 0.3 is 0 Å². The fourth-order valence-corrected chi connectivity index (χ4v) is 2.54. The van der Waals surface area contributed by atoms with Crippen molar-refractivity contribution in [3.8, 4) is 0 Å². The van der Waals surface area contributed by atoms with Crippen LogP contribution in [0.1, 0.15) is 31.7 Å². The molecule has 1 aliphatic heterocycles. The maximum Gasteiger partial charge on any atom is 0.221 e. The number of amides is 2. The zero-order valence-electron chi connectivity index (χ0n) is 13.4. The van der Waals surface area contributed by atoms with Gasteiger partial charge in [0.1, 0.15) is 5.82 Å². The van der Waals surface area contributed by atoms with Crippen molar-refractivity contribution in [2.75, 3.05) is 19.7 Å². The normalized spacial score (nSPS) is 17.0. The van der Waals surface area contributed by atoms with Crippen LogP contribution in [0.5, 0.6) is 0 Å². The molecule has 1 saturated heterocycles. The predicted octanol–water partition coefficient (Wildman–Crippen LogP) is 1.86. The largest absolute Gasteiger partial charge is 0.376 e. The Morgan fingerprint density at radius 2 is 2.17 bits per heavy atom. The summed E-state index contributed by atoms with van der Waals surface area (Å²) in [5.41, 5.74) is 0.447. The third-order valence-corrected chi connectivity index (χ3v) is 3.92. The van der Waals surface area contributed by atoms with E-state index < -0.39 is 0 Å². The van der Waals surface area contributed by atoms with E-state index in [0.29, 0.717) is 12.1 Å². The molecule has 23 heavy (non-hydrogen) atoms. The van der Waals surface area contributed by atoms with Crippen LogP contribution in [-0.4, -0.2) is 42.5 Å². The van der Waals surface area contributed by atoms with Crippen LogP contribution >= 0.6 is 0 Å². The molecule has 0 radical (unpaired) electrons. The first kappa shape index (κ1) is 17.4. The highest BCUT2D eigenvalue weighted by molar-refractivity contribution is 5.78. The Balaban J connectivity index is 1.78. The van der Waals surface area contributed by atoms with Crippen molar-refractivity contribution in [3.63, 3.8) is 0 Å². The molecular formula is C17H23FN2O3. The molecular weight excluding hydrogens is 299 g/mol. The van der Waals surface area contributed by atoms with E-state index in [9.17, 15) is 14.0 Å². The van der Waals surface area contributed by atoms with Crippen LogP contribution in [0.2, 0.25) is 0 Å². The van der Waals surface area contributed by atoms with E-state index >= 15 is 0 Å². The van der Waals surface area contributed by atoms with Gasteiger partial charge < -0.3 is 15.0 Å². The molecule has 0 saturated carbocycles. The Labute approximate surface area is 135 Å². The van der Waals surface area contributed by atoms with Gasteiger partial charge in [-0.25, -0.2) is 4.39 Å². The summed E-state index contributed by atoms with van der Waals surface area (Å²) in [7, 11) is 0. The summed E-state index contributed by atoms with van der Waals surface area (Å²) in [6.45, 7) is 3.11. The molecule has 1 heterocycles. The molecule has 5 nitrogen and oxygen atoms in total. The Kier molecular flexibility index (Phi) is 6.52. The topological polar surface area (TPSA) is 58.6 Å². The van der Waals surface area contributed by atoms with E-state index in [2.05, 4.69) is 5.32 Å². The zero-order chi connectivity index (χ0) is 16.7. The second kappa shape index (κ2) is 8.62. The summed E-state index contributed by atoms with van der Waals surface area (Å²) in [5.74, 6) is -0.651. The second-order valence-corrected chi connectivity index (χ2v) is 5.72. The summed E-state index contributed by atoms with van der Waals surface area (Å²) in [5, 5.41) is 2.82. The van der Waals surface area contributed by atoms with E-state index in [1.807, 2.05) is 0 Å². The Morgan fingerprint density at radius 3 is 2.83 bits per heavy atom. The lowest BCUT2D eigenvalue weighted by atomic mass is 10.2. The highest BCUT2D eigenvalue weighted by Gasteiger charge is 2.17. The van der Waals surface area contributed by atoms with Crippen molar-refractivity contribution >= 4 is 11.8 Å². The highest BCUT2D eigenvalue weighted by atomic mass is 19.1. The first-order valence-electron chi connectivity index (χ1n) is 7.93. The minimum Gasteiger partial charge on any atom is -0.376 e. The van der Waals surface area contributed by atoms with Gasteiger partial charge in [0.2, 0.25) is 11.8 Å². The van der Waals surface area contributed by atoms with Crippen LogP contribution < -0.4 is 5.32 Å². The zero-order valence-corrected chi connectivity index (χ0v) is 13.4. The summed E-state index contributed by atoms with van der Waals surface area (Å²) < 4.78 is 19.1. The van der Waals surface area contributed by atoms with E-state index in [0.717, 1.165) is 19.4 Å². The van der Waals surface area contributed by atoms with Crippen LogP contribution in [0.15, 0.2) is 24.3 Å². The molecule has 1 unspecified atom stereocenters. The Morgan fingerprint density at radius 1 is 1.39 bits per heavy atom. The van der Waals surface area contributed by atoms with E-state index in [-0.39, 0.29) is 43.2 Å². The van der Waals surface area contributed by atoms with Crippen LogP contribution in [0.4, 0.5) is 4.39 Å². The van der Waals surface area contributed by atoms with Gasteiger partial charge in [0.05, 0.1) is 6.10 Å². The molecule has 126 valence electrons. The Hall–Kier alpha value is -1.95. The van der Waals surface area contributed by atoms with Gasteiger partial charge in [-0.05, 0) is 18.9 Å². The third kappa shape index (κ3) is 5.63. The Bertz CT molecular complexity index is 544. The molecule has 1 aromatic carbocycles. The van der Waals surface area contributed by atoms with Crippen molar-refractivity contribution < 1.29 is 18.7 Å². The number of nitrogens with zero attached hydrogens (tertiary/aromatic N) is 1. The maximum atomic E-state index is 13.7. The van der Waals surface area contributed by atoms with E-state index in [1.54, 1.807) is 18.2 Å². The van der Waals surface area contributed by atoms with Gasteiger partial charge in [-0.1, -0.05) is 18.2 Å². The molecule has 1 fully saturated rings. The second-order valence-electron chi connectivity index (χ2n) is 5.72. The first-order chi connectivity index (χ1) is 11.1. The lowest BCUT2D eigenvalue weighted by Gasteiger charge is -2.21. The number of rotatable bonds is 7. The number of benzene rings is 1. The van der Waals surface area contributed by atoms with E-state index in [4.69, 9.17) is 4.74 Å². The van der Waals surface area contributed by atoms with Crippen LogP contribution in [0, 0.1) is 5.82 Å². The lowest BCUT2D eigenvalue weighted by Crippen LogP contribution is -2.36. The van der Waals surface area contributed by atoms with Crippen molar-refractivity contribution in [1.29, 1.82) is 0 Å². The van der Waals surface area contributed by atoms with Gasteiger partial charge in [0, 0.05) is 45.1 Å². The molecule has 2 rings (SSSR count). The molecule has 0 spiro atoms. The molecule has 1 aliphatic rings. The number of hydrogen-bond acceptors (Lipinski definition) is 3. The average molecular weight is 322 g/mol. The number of halogens is 1. The van der Waals surface area contributed by atoms with Crippen LogP contribution in [0.25, 0.3) is 0 Å². The molecule has 0 aliphatic carbocycles. The summed E-state index contributed by atoms with van der Waals surface area (Å²) in [6.07, 6.45) is 2.29. The minimum absolute atomic E-state index is 0.0984. The van der Waals surface area contributed by atoms with Gasteiger partial charge in [-0.3, -0.25) is 9.59 Å². The summed E-state index contributed by atoms with van der Waals surface area (Å²) in [4.78, 5) is 25.0. The summed E-state index contributed by atoms with van der Waals surface area (Å²) in [6, 6.07) is 6.34. The standard InChI is InChI=1S/C17H23FN2O3/c1-13(21)20(12-14-5-2-3-7-16(14)18)9-8-17(22)19-11-15-6-4-10-23-15/h2-3,5,7,15H,4,6,8-12H2,1H3,(H,19,22). The van der Waals surface area contributed by atoms with Gasteiger partial charge in [0.25, 0.3) is 0 Å². The SMILES string of the molecule is CC(=O)N(CCC(=O)NCC1CCCO1)Cc1ccccc1F. The molecule has 6 heteroatoms. The third-order valence-electron chi connectivity index (χ3n) is 3.92. The van der Waals surface area contributed by atoms with Crippen LogP contribution in [-0.2, 0) is 20.9 Å². The fraction of sp³-hybridized carbons (Fsp3) is 0.529. The molecule has 1 aromatic rings. The molecule has 0 aromatic heterocycles. The molecule has 1 N–H and O–H groups in total. The number of carbonyl (C=O) groups excluding carboxylic acids is 2. The minimum atomic E-state index is -0.346. The number of hydrogen-bond donors (Lipinski definition) is 1. The van der Waals surface area contributed by atoms with E-state index in [1.165, 1.54) is 17.9 Å². The van der Waals surface area contributed by atoms with Gasteiger partial charge in [0.15, 0.2) is 0 Å². The summed E-state index contributed by atoms with van der Waals surface area (Å²) >= 11 is 0. The lowest BCUT2D eigenvalue weighted by molar-refractivity contribution is -0.130. The molecule has 0 bridgehead atoms. The molecule has 2 amide bonds.